The number of alkyl halides is 3. The fraction of sp³-hybridized carbons (Fsp3) is 0.550. The Kier molecular flexibility index (Phi) is 9.85. The van der Waals surface area contributed by atoms with E-state index in [1.807, 2.05) is 0 Å². The lowest BCUT2D eigenvalue weighted by Gasteiger charge is -2.13. The average molecular weight is 552 g/mol. The molecule has 3 rings (SSSR count). The van der Waals surface area contributed by atoms with Gasteiger partial charge < -0.3 is 19.9 Å². The van der Waals surface area contributed by atoms with Gasteiger partial charge in [0, 0.05) is 39.5 Å². The molecule has 7 nitrogen and oxygen atoms in total. The molecule has 0 saturated carbocycles. The minimum absolute atomic E-state index is 0. The Morgan fingerprint density at radius 1 is 1.13 bits per heavy atom. The zero-order valence-electron chi connectivity index (χ0n) is 17.4. The van der Waals surface area contributed by atoms with Gasteiger partial charge in [-0.15, -0.1) is 34.2 Å². The molecule has 0 saturated heterocycles. The number of nitrogens with zero attached hydrogens (tertiary/aromatic N) is 4. The molecule has 0 amide bonds. The molecular formula is C20H28F3IN6O. The van der Waals surface area contributed by atoms with Crippen molar-refractivity contribution in [2.45, 2.75) is 51.4 Å². The molecule has 2 heterocycles. The zero-order valence-corrected chi connectivity index (χ0v) is 19.7. The van der Waals surface area contributed by atoms with Gasteiger partial charge in [-0.3, -0.25) is 4.99 Å². The third-order valence-corrected chi connectivity index (χ3v) is 4.84. The van der Waals surface area contributed by atoms with E-state index in [-0.39, 0.29) is 29.7 Å². The Balaban J connectivity index is 0.00000341. The minimum Gasteiger partial charge on any atom is -0.484 e. The number of fused-ring (bicyclic) bond motifs is 1. The smallest absolute Gasteiger partial charge is 0.422 e. The number of ether oxygens (including phenoxy) is 1. The molecule has 0 unspecified atom stereocenters. The van der Waals surface area contributed by atoms with E-state index in [4.69, 9.17) is 4.74 Å². The molecule has 0 radical (unpaired) electrons. The number of guanidine groups is 1. The van der Waals surface area contributed by atoms with E-state index in [2.05, 4.69) is 30.4 Å². The summed E-state index contributed by atoms with van der Waals surface area (Å²) in [5, 5.41) is 15.1. The van der Waals surface area contributed by atoms with E-state index in [1.165, 1.54) is 25.0 Å². The number of halogens is 4. The molecule has 11 heteroatoms. The van der Waals surface area contributed by atoms with Gasteiger partial charge in [-0.25, -0.2) is 0 Å². The van der Waals surface area contributed by atoms with E-state index in [0.29, 0.717) is 19.0 Å². The highest BCUT2D eigenvalue weighted by atomic mass is 127. The average Bonchev–Trinajstić information content (AvgIpc) is 2.95. The molecule has 1 aromatic carbocycles. The molecule has 0 fully saturated rings. The Hall–Kier alpha value is -2.05. The van der Waals surface area contributed by atoms with Crippen molar-refractivity contribution in [1.82, 2.24) is 25.4 Å². The molecule has 2 aromatic rings. The standard InChI is InChI=1S/C20H27F3N6O.HI/c1-24-19(25-11-10-18-28-27-17-5-3-2-4-12-29(17)18)26-13-15-6-8-16(9-7-15)30-14-20(21,22)23;/h6-9H,2-5,10-14H2,1H3,(H2,24,25,26);1H. The van der Waals surface area contributed by atoms with Crippen LogP contribution in [0.4, 0.5) is 13.2 Å². The van der Waals surface area contributed by atoms with Crippen molar-refractivity contribution < 1.29 is 17.9 Å². The van der Waals surface area contributed by atoms with Crippen LogP contribution < -0.4 is 15.4 Å². The highest BCUT2D eigenvalue weighted by molar-refractivity contribution is 14.0. The zero-order chi connectivity index (χ0) is 21.4. The lowest BCUT2D eigenvalue weighted by atomic mass is 10.2. The maximum atomic E-state index is 12.2. The van der Waals surface area contributed by atoms with Crippen LogP contribution in [0.3, 0.4) is 0 Å². The number of hydrogen-bond acceptors (Lipinski definition) is 4. The third kappa shape index (κ3) is 8.19. The van der Waals surface area contributed by atoms with E-state index in [1.54, 1.807) is 19.2 Å². The predicted molar refractivity (Wildman–Crippen MR) is 123 cm³/mol. The summed E-state index contributed by atoms with van der Waals surface area (Å²) in [6.07, 6.45) is 0.955. The molecule has 0 spiro atoms. The van der Waals surface area contributed by atoms with Gasteiger partial charge in [0.2, 0.25) is 0 Å². The summed E-state index contributed by atoms with van der Waals surface area (Å²) in [7, 11) is 1.69. The quantitative estimate of drug-likeness (QED) is 0.313. The largest absolute Gasteiger partial charge is 0.484 e. The number of aromatic nitrogens is 3. The number of benzene rings is 1. The van der Waals surface area contributed by atoms with E-state index in [0.717, 1.165) is 43.0 Å². The Morgan fingerprint density at radius 3 is 2.61 bits per heavy atom. The van der Waals surface area contributed by atoms with Crippen molar-refractivity contribution in [3.63, 3.8) is 0 Å². The van der Waals surface area contributed by atoms with Crippen LogP contribution in [0, 0.1) is 0 Å². The molecule has 31 heavy (non-hydrogen) atoms. The van der Waals surface area contributed by atoms with Gasteiger partial charge in [0.1, 0.15) is 17.4 Å². The molecule has 0 bridgehead atoms. The van der Waals surface area contributed by atoms with Crippen molar-refractivity contribution in [1.29, 1.82) is 0 Å². The van der Waals surface area contributed by atoms with Crippen molar-refractivity contribution >= 4 is 29.9 Å². The van der Waals surface area contributed by atoms with Gasteiger partial charge in [0.15, 0.2) is 12.6 Å². The van der Waals surface area contributed by atoms with Gasteiger partial charge in [0.25, 0.3) is 0 Å². The molecule has 1 aliphatic rings. The summed E-state index contributed by atoms with van der Waals surface area (Å²) < 4.78 is 43.5. The van der Waals surface area contributed by atoms with E-state index < -0.39 is 12.8 Å². The second-order valence-electron chi connectivity index (χ2n) is 7.15. The van der Waals surface area contributed by atoms with Crippen molar-refractivity contribution in [2.24, 2.45) is 4.99 Å². The molecule has 2 N–H and O–H groups in total. The van der Waals surface area contributed by atoms with Gasteiger partial charge in [-0.2, -0.15) is 13.2 Å². The molecular weight excluding hydrogens is 524 g/mol. The van der Waals surface area contributed by atoms with Crippen molar-refractivity contribution in [2.75, 3.05) is 20.2 Å². The first-order chi connectivity index (χ1) is 14.4. The molecule has 172 valence electrons. The highest BCUT2D eigenvalue weighted by Gasteiger charge is 2.28. The van der Waals surface area contributed by atoms with Crippen LogP contribution in [0.15, 0.2) is 29.3 Å². The van der Waals surface area contributed by atoms with Crippen LogP contribution in [0.2, 0.25) is 0 Å². The highest BCUT2D eigenvalue weighted by Crippen LogP contribution is 2.19. The monoisotopic (exact) mass is 552 g/mol. The molecule has 0 aliphatic carbocycles. The number of aliphatic imine (C=N–C) groups is 1. The van der Waals surface area contributed by atoms with Crippen LogP contribution in [-0.2, 0) is 25.9 Å². The summed E-state index contributed by atoms with van der Waals surface area (Å²) in [5.74, 6) is 2.89. The summed E-state index contributed by atoms with van der Waals surface area (Å²) in [5.41, 5.74) is 0.903. The van der Waals surface area contributed by atoms with Gasteiger partial charge in [-0.05, 0) is 30.5 Å². The second-order valence-corrected chi connectivity index (χ2v) is 7.15. The van der Waals surface area contributed by atoms with Crippen LogP contribution in [0.1, 0.15) is 36.5 Å². The van der Waals surface area contributed by atoms with Crippen LogP contribution in [-0.4, -0.2) is 47.1 Å². The van der Waals surface area contributed by atoms with Crippen LogP contribution >= 0.6 is 24.0 Å². The van der Waals surface area contributed by atoms with E-state index in [9.17, 15) is 13.2 Å². The number of nitrogens with one attached hydrogen (secondary N) is 2. The topological polar surface area (TPSA) is 76.4 Å². The first kappa shape index (κ1) is 25.2. The van der Waals surface area contributed by atoms with Gasteiger partial charge in [0.05, 0.1) is 0 Å². The van der Waals surface area contributed by atoms with Crippen LogP contribution in [0.5, 0.6) is 5.75 Å². The first-order valence-corrected chi connectivity index (χ1v) is 10.1. The fourth-order valence-corrected chi connectivity index (χ4v) is 3.30. The summed E-state index contributed by atoms with van der Waals surface area (Å²) in [6, 6.07) is 6.49. The summed E-state index contributed by atoms with van der Waals surface area (Å²) >= 11 is 0. The molecule has 0 atom stereocenters. The number of aryl methyl sites for hydroxylation is 1. The van der Waals surface area contributed by atoms with E-state index >= 15 is 0 Å². The Morgan fingerprint density at radius 2 is 1.90 bits per heavy atom. The lowest BCUT2D eigenvalue weighted by molar-refractivity contribution is -0.153. The summed E-state index contributed by atoms with van der Waals surface area (Å²) in [6.45, 7) is 0.839. The number of rotatable bonds is 7. The van der Waals surface area contributed by atoms with Crippen molar-refractivity contribution in [3.8, 4) is 5.75 Å². The molecule has 1 aliphatic heterocycles. The predicted octanol–water partition coefficient (Wildman–Crippen LogP) is 3.47. The SMILES string of the molecule is CN=C(NCCc1nnc2n1CCCCC2)NCc1ccc(OCC(F)(F)F)cc1.I. The minimum atomic E-state index is -4.34. The van der Waals surface area contributed by atoms with Gasteiger partial charge >= 0.3 is 6.18 Å². The third-order valence-electron chi connectivity index (χ3n) is 4.84. The lowest BCUT2D eigenvalue weighted by Crippen LogP contribution is -2.38. The maximum Gasteiger partial charge on any atom is 0.422 e. The normalized spacial score (nSPS) is 14.3. The van der Waals surface area contributed by atoms with Crippen molar-refractivity contribution in [3.05, 3.63) is 41.5 Å². The first-order valence-electron chi connectivity index (χ1n) is 10.1. The Bertz CT molecular complexity index is 838. The Labute approximate surface area is 196 Å². The summed E-state index contributed by atoms with van der Waals surface area (Å²) in [4.78, 5) is 4.20. The van der Waals surface area contributed by atoms with Gasteiger partial charge in [-0.1, -0.05) is 18.6 Å². The van der Waals surface area contributed by atoms with Crippen LogP contribution in [0.25, 0.3) is 0 Å². The molecule has 1 aromatic heterocycles. The second kappa shape index (κ2) is 12.1. The number of hydrogen-bond donors (Lipinski definition) is 2. The fourth-order valence-electron chi connectivity index (χ4n) is 3.30. The maximum absolute atomic E-state index is 12.2.